The van der Waals surface area contributed by atoms with E-state index in [-0.39, 0.29) is 9.77 Å². The largest absolute Gasteiger partial charge is 0.346 e. The molecule has 2 aromatic carbocycles. The van der Waals surface area contributed by atoms with Gasteiger partial charge in [-0.15, -0.1) is 22.7 Å². The molecule has 0 atom stereocenters. The molecular formula is C24H22N2O3S3. The summed E-state index contributed by atoms with van der Waals surface area (Å²) in [5, 5.41) is 6.55. The number of benzene rings is 2. The third-order valence-corrected chi connectivity index (χ3v) is 8.88. The predicted octanol–water partition coefficient (Wildman–Crippen LogP) is 5.54. The van der Waals surface area contributed by atoms with Crippen LogP contribution in [0.2, 0.25) is 0 Å². The van der Waals surface area contributed by atoms with Crippen molar-refractivity contribution in [2.24, 2.45) is 0 Å². The standard InChI is InChI=1S/C24H22N2O3S3/c1-17-8-6-11-19(14-17)26(2)32(28,29)23-21(18-9-4-3-5-10-18)16-31-22(23)24(27)25-15-20-12-7-13-30-20/h3-14,16H,15H2,1-2H3,(H,25,27). The van der Waals surface area contributed by atoms with Gasteiger partial charge in [0.15, 0.2) is 0 Å². The van der Waals surface area contributed by atoms with Gasteiger partial charge in [-0.05, 0) is 41.6 Å². The van der Waals surface area contributed by atoms with E-state index in [1.54, 1.807) is 11.4 Å². The number of sulfonamides is 1. The van der Waals surface area contributed by atoms with Crippen molar-refractivity contribution in [3.63, 3.8) is 0 Å². The van der Waals surface area contributed by atoms with Crippen molar-refractivity contribution in [1.29, 1.82) is 0 Å². The van der Waals surface area contributed by atoms with Crippen LogP contribution in [0.3, 0.4) is 0 Å². The molecule has 0 saturated carbocycles. The first-order chi connectivity index (χ1) is 15.4. The van der Waals surface area contributed by atoms with Crippen molar-refractivity contribution >= 4 is 44.3 Å². The first kappa shape index (κ1) is 22.3. The zero-order valence-corrected chi connectivity index (χ0v) is 20.1. The van der Waals surface area contributed by atoms with Crippen molar-refractivity contribution in [3.05, 3.63) is 92.8 Å². The van der Waals surface area contributed by atoms with Crippen LogP contribution in [0.5, 0.6) is 0 Å². The van der Waals surface area contributed by atoms with E-state index in [1.807, 2.05) is 73.0 Å². The molecule has 0 unspecified atom stereocenters. The second kappa shape index (κ2) is 9.28. The fraction of sp³-hybridized carbons (Fsp3) is 0.125. The molecule has 0 saturated heterocycles. The molecule has 0 radical (unpaired) electrons. The number of hydrogen-bond donors (Lipinski definition) is 1. The Morgan fingerprint density at radius 3 is 2.47 bits per heavy atom. The average Bonchev–Trinajstić information content (AvgIpc) is 3.48. The number of aryl methyl sites for hydroxylation is 1. The molecule has 2 aromatic heterocycles. The Hall–Kier alpha value is -2.94. The van der Waals surface area contributed by atoms with Gasteiger partial charge in [0.1, 0.15) is 9.77 Å². The summed E-state index contributed by atoms with van der Waals surface area (Å²) in [7, 11) is -2.49. The SMILES string of the molecule is Cc1cccc(N(C)S(=O)(=O)c2c(-c3ccccc3)csc2C(=O)NCc2cccs2)c1. The number of rotatable bonds is 7. The Labute approximate surface area is 196 Å². The highest BCUT2D eigenvalue weighted by molar-refractivity contribution is 7.93. The van der Waals surface area contributed by atoms with Gasteiger partial charge in [0.25, 0.3) is 15.9 Å². The summed E-state index contributed by atoms with van der Waals surface area (Å²) in [6.07, 6.45) is 0. The fourth-order valence-corrected chi connectivity index (χ4v) is 6.85. The number of anilines is 1. The smallest absolute Gasteiger partial charge is 0.266 e. The Bertz CT molecular complexity index is 1330. The lowest BCUT2D eigenvalue weighted by Gasteiger charge is -2.21. The maximum Gasteiger partial charge on any atom is 0.266 e. The van der Waals surface area contributed by atoms with Crippen molar-refractivity contribution in [1.82, 2.24) is 5.32 Å². The van der Waals surface area contributed by atoms with Crippen LogP contribution in [-0.4, -0.2) is 21.4 Å². The monoisotopic (exact) mass is 482 g/mol. The first-order valence-corrected chi connectivity index (χ1v) is 13.1. The summed E-state index contributed by atoms with van der Waals surface area (Å²) in [5.74, 6) is -0.401. The minimum Gasteiger partial charge on any atom is -0.346 e. The van der Waals surface area contributed by atoms with E-state index in [0.29, 0.717) is 17.8 Å². The molecular weight excluding hydrogens is 460 g/mol. The van der Waals surface area contributed by atoms with Crippen molar-refractivity contribution in [3.8, 4) is 11.1 Å². The van der Waals surface area contributed by atoms with Gasteiger partial charge in [0.05, 0.1) is 12.2 Å². The molecule has 1 amide bonds. The van der Waals surface area contributed by atoms with Gasteiger partial charge in [-0.1, -0.05) is 48.5 Å². The van der Waals surface area contributed by atoms with Crippen LogP contribution in [-0.2, 0) is 16.6 Å². The minimum absolute atomic E-state index is 0.0291. The second-order valence-electron chi connectivity index (χ2n) is 7.25. The maximum absolute atomic E-state index is 13.8. The van der Waals surface area contributed by atoms with E-state index >= 15 is 0 Å². The minimum atomic E-state index is -4.01. The summed E-state index contributed by atoms with van der Waals surface area (Å²) in [6, 6.07) is 20.4. The molecule has 0 bridgehead atoms. The molecule has 0 aliphatic heterocycles. The summed E-state index contributed by atoms with van der Waals surface area (Å²) in [5.41, 5.74) is 2.76. The highest BCUT2D eigenvalue weighted by Gasteiger charge is 2.32. The quantitative estimate of drug-likeness (QED) is 0.376. The lowest BCUT2D eigenvalue weighted by Crippen LogP contribution is -2.30. The van der Waals surface area contributed by atoms with E-state index in [1.165, 1.54) is 22.7 Å². The van der Waals surface area contributed by atoms with E-state index in [4.69, 9.17) is 0 Å². The van der Waals surface area contributed by atoms with Crippen LogP contribution in [0.1, 0.15) is 20.1 Å². The van der Waals surface area contributed by atoms with Gasteiger partial charge >= 0.3 is 0 Å². The van der Waals surface area contributed by atoms with Gasteiger partial charge < -0.3 is 5.32 Å². The zero-order chi connectivity index (χ0) is 22.7. The molecule has 4 rings (SSSR count). The number of hydrogen-bond acceptors (Lipinski definition) is 5. The van der Waals surface area contributed by atoms with Gasteiger partial charge in [-0.25, -0.2) is 8.42 Å². The third-order valence-electron chi connectivity index (χ3n) is 5.02. The summed E-state index contributed by atoms with van der Waals surface area (Å²) in [4.78, 5) is 14.3. The molecule has 32 heavy (non-hydrogen) atoms. The Morgan fingerprint density at radius 2 is 1.78 bits per heavy atom. The molecule has 0 aliphatic rings. The fourth-order valence-electron chi connectivity index (χ4n) is 3.34. The van der Waals surface area contributed by atoms with Crippen LogP contribution in [0, 0.1) is 6.92 Å². The Balaban J connectivity index is 1.78. The molecule has 2 heterocycles. The van der Waals surface area contributed by atoms with Gasteiger partial charge in [0, 0.05) is 22.9 Å². The molecule has 5 nitrogen and oxygen atoms in total. The molecule has 8 heteroatoms. The number of thiophene rings is 2. The molecule has 4 aromatic rings. The number of nitrogens with zero attached hydrogens (tertiary/aromatic N) is 1. The van der Waals surface area contributed by atoms with E-state index in [0.717, 1.165) is 27.3 Å². The van der Waals surface area contributed by atoms with E-state index < -0.39 is 15.9 Å². The molecule has 164 valence electrons. The van der Waals surface area contributed by atoms with E-state index in [9.17, 15) is 13.2 Å². The summed E-state index contributed by atoms with van der Waals surface area (Å²) in [6.45, 7) is 2.26. The third kappa shape index (κ3) is 4.48. The molecule has 0 spiro atoms. The molecule has 0 aliphatic carbocycles. The van der Waals surface area contributed by atoms with Crippen molar-refractivity contribution < 1.29 is 13.2 Å². The Morgan fingerprint density at radius 1 is 1.00 bits per heavy atom. The number of carbonyl (C=O) groups is 1. The lowest BCUT2D eigenvalue weighted by molar-refractivity contribution is 0.0952. The van der Waals surface area contributed by atoms with Crippen LogP contribution >= 0.6 is 22.7 Å². The van der Waals surface area contributed by atoms with Gasteiger partial charge in [-0.3, -0.25) is 9.10 Å². The van der Waals surface area contributed by atoms with Crippen LogP contribution in [0.25, 0.3) is 11.1 Å². The maximum atomic E-state index is 13.8. The van der Waals surface area contributed by atoms with Crippen molar-refractivity contribution in [2.75, 3.05) is 11.4 Å². The van der Waals surface area contributed by atoms with Crippen LogP contribution in [0.15, 0.2) is 82.4 Å². The number of nitrogens with one attached hydrogen (secondary N) is 1. The molecule has 1 N–H and O–H groups in total. The number of carbonyl (C=O) groups excluding carboxylic acids is 1. The predicted molar refractivity (Wildman–Crippen MR) is 132 cm³/mol. The lowest BCUT2D eigenvalue weighted by atomic mass is 10.1. The number of amides is 1. The van der Waals surface area contributed by atoms with Crippen LogP contribution in [0.4, 0.5) is 5.69 Å². The highest BCUT2D eigenvalue weighted by atomic mass is 32.2. The van der Waals surface area contributed by atoms with E-state index in [2.05, 4.69) is 5.32 Å². The normalized spacial score (nSPS) is 11.3. The van der Waals surface area contributed by atoms with Gasteiger partial charge in [0.2, 0.25) is 0 Å². The Kier molecular flexibility index (Phi) is 6.45. The summed E-state index contributed by atoms with van der Waals surface area (Å²) >= 11 is 2.68. The zero-order valence-electron chi connectivity index (χ0n) is 17.6. The first-order valence-electron chi connectivity index (χ1n) is 9.91. The topological polar surface area (TPSA) is 66.5 Å². The van der Waals surface area contributed by atoms with Crippen LogP contribution < -0.4 is 9.62 Å². The highest BCUT2D eigenvalue weighted by Crippen LogP contribution is 2.38. The molecule has 0 fully saturated rings. The summed E-state index contributed by atoms with van der Waals surface area (Å²) < 4.78 is 28.9. The average molecular weight is 483 g/mol. The van der Waals surface area contributed by atoms with Gasteiger partial charge in [-0.2, -0.15) is 0 Å². The van der Waals surface area contributed by atoms with Crippen molar-refractivity contribution in [2.45, 2.75) is 18.4 Å². The second-order valence-corrected chi connectivity index (χ2v) is 11.1.